The molecule has 3 rings (SSSR count). The Labute approximate surface area is 170 Å². The van der Waals surface area contributed by atoms with Gasteiger partial charge in [-0.15, -0.1) is 0 Å². The summed E-state index contributed by atoms with van der Waals surface area (Å²) in [6.45, 7) is 4.43. The molecule has 0 saturated carbocycles. The van der Waals surface area contributed by atoms with Gasteiger partial charge in [-0.05, 0) is 73.0 Å². The number of hydrogen-bond donors (Lipinski definition) is 1. The third-order valence-electron chi connectivity index (χ3n) is 4.50. The Morgan fingerprint density at radius 1 is 0.929 bits per heavy atom. The minimum atomic E-state index is -0.203. The minimum absolute atomic E-state index is 0.203. The zero-order valence-electron chi connectivity index (χ0n) is 16.1. The summed E-state index contributed by atoms with van der Waals surface area (Å²) in [6.07, 6.45) is 0. The molecule has 5 heteroatoms. The summed E-state index contributed by atoms with van der Waals surface area (Å²) in [5.41, 5.74) is 4.55. The highest BCUT2D eigenvalue weighted by molar-refractivity contribution is 6.30. The summed E-state index contributed by atoms with van der Waals surface area (Å²) >= 11 is 5.90. The quantitative estimate of drug-likeness (QED) is 0.574. The summed E-state index contributed by atoms with van der Waals surface area (Å²) in [6, 6.07) is 18.4. The fraction of sp³-hybridized carbons (Fsp3) is 0.174. The largest absolute Gasteiger partial charge is 0.493 e. The Hall–Kier alpha value is -2.98. The van der Waals surface area contributed by atoms with Crippen molar-refractivity contribution in [2.24, 2.45) is 0 Å². The second-order valence-electron chi connectivity index (χ2n) is 6.53. The molecule has 0 heterocycles. The minimum Gasteiger partial charge on any atom is -0.493 e. The number of benzene rings is 3. The lowest BCUT2D eigenvalue weighted by Crippen LogP contribution is -2.12. The van der Waals surface area contributed by atoms with E-state index in [2.05, 4.69) is 5.32 Å². The van der Waals surface area contributed by atoms with Crippen LogP contribution in [0, 0.1) is 13.8 Å². The van der Waals surface area contributed by atoms with Crippen molar-refractivity contribution < 1.29 is 14.3 Å². The van der Waals surface area contributed by atoms with Crippen molar-refractivity contribution in [1.29, 1.82) is 0 Å². The van der Waals surface area contributed by atoms with E-state index < -0.39 is 0 Å². The molecule has 0 bridgehead atoms. The van der Waals surface area contributed by atoms with Gasteiger partial charge in [0.2, 0.25) is 0 Å². The van der Waals surface area contributed by atoms with Gasteiger partial charge in [0, 0.05) is 16.3 Å². The van der Waals surface area contributed by atoms with Crippen molar-refractivity contribution in [3.8, 4) is 11.5 Å². The molecule has 1 N–H and O–H groups in total. The molecule has 3 aromatic carbocycles. The topological polar surface area (TPSA) is 47.6 Å². The zero-order chi connectivity index (χ0) is 20.1. The predicted octanol–water partition coefficient (Wildman–Crippen LogP) is 5.80. The van der Waals surface area contributed by atoms with Gasteiger partial charge >= 0.3 is 0 Å². The number of aryl methyl sites for hydroxylation is 2. The standard InChI is InChI=1S/C23H22ClNO3/c1-15-4-10-20(12-16(15)2)25-23(26)18-7-11-21(22(13-18)27-3)28-14-17-5-8-19(24)9-6-17/h4-13H,14H2,1-3H3,(H,25,26). The van der Waals surface area contributed by atoms with Crippen LogP contribution in [0.15, 0.2) is 60.7 Å². The van der Waals surface area contributed by atoms with E-state index in [1.54, 1.807) is 25.3 Å². The van der Waals surface area contributed by atoms with Crippen LogP contribution in [0.2, 0.25) is 5.02 Å². The maximum absolute atomic E-state index is 12.6. The number of ether oxygens (including phenoxy) is 2. The van der Waals surface area contributed by atoms with Crippen molar-refractivity contribution >= 4 is 23.2 Å². The van der Waals surface area contributed by atoms with Gasteiger partial charge in [0.25, 0.3) is 5.91 Å². The smallest absolute Gasteiger partial charge is 0.255 e. The fourth-order valence-corrected chi connectivity index (χ4v) is 2.82. The molecular weight excluding hydrogens is 374 g/mol. The number of nitrogens with one attached hydrogen (secondary N) is 1. The Morgan fingerprint density at radius 2 is 1.68 bits per heavy atom. The van der Waals surface area contributed by atoms with Crippen molar-refractivity contribution in [3.63, 3.8) is 0 Å². The van der Waals surface area contributed by atoms with Gasteiger partial charge in [-0.25, -0.2) is 0 Å². The van der Waals surface area contributed by atoms with Gasteiger partial charge in [-0.3, -0.25) is 4.79 Å². The first kappa shape index (κ1) is 19.8. The van der Waals surface area contributed by atoms with E-state index in [0.717, 1.165) is 16.8 Å². The van der Waals surface area contributed by atoms with Gasteiger partial charge < -0.3 is 14.8 Å². The maximum atomic E-state index is 12.6. The maximum Gasteiger partial charge on any atom is 0.255 e. The number of rotatable bonds is 6. The zero-order valence-corrected chi connectivity index (χ0v) is 16.8. The molecule has 4 nitrogen and oxygen atoms in total. The molecule has 0 saturated heterocycles. The van der Waals surface area contributed by atoms with Crippen molar-refractivity contribution in [2.75, 3.05) is 12.4 Å². The molecule has 1 amide bonds. The average molecular weight is 396 g/mol. The summed E-state index contributed by atoms with van der Waals surface area (Å²) in [7, 11) is 1.55. The lowest BCUT2D eigenvalue weighted by Gasteiger charge is -2.13. The molecule has 0 aliphatic heterocycles. The molecule has 0 fully saturated rings. The monoisotopic (exact) mass is 395 g/mol. The van der Waals surface area contributed by atoms with Crippen molar-refractivity contribution in [3.05, 3.63) is 87.9 Å². The molecular formula is C23H22ClNO3. The van der Waals surface area contributed by atoms with Gasteiger partial charge in [0.05, 0.1) is 7.11 Å². The lowest BCUT2D eigenvalue weighted by molar-refractivity contribution is 0.102. The molecule has 3 aromatic rings. The van der Waals surface area contributed by atoms with Gasteiger partial charge in [-0.2, -0.15) is 0 Å². The molecule has 0 atom stereocenters. The Morgan fingerprint density at radius 3 is 2.36 bits per heavy atom. The second kappa shape index (κ2) is 8.81. The highest BCUT2D eigenvalue weighted by Gasteiger charge is 2.12. The Bertz CT molecular complexity index is 984. The van der Waals surface area contributed by atoms with Gasteiger partial charge in [-0.1, -0.05) is 29.8 Å². The summed E-state index contributed by atoms with van der Waals surface area (Å²) in [5.74, 6) is 0.868. The van der Waals surface area contributed by atoms with E-state index in [4.69, 9.17) is 21.1 Å². The van der Waals surface area contributed by atoms with E-state index >= 15 is 0 Å². The van der Waals surface area contributed by atoms with E-state index in [9.17, 15) is 4.79 Å². The first-order chi connectivity index (χ1) is 13.5. The first-order valence-corrected chi connectivity index (χ1v) is 9.28. The number of amides is 1. The summed E-state index contributed by atoms with van der Waals surface area (Å²) in [4.78, 5) is 12.6. The van der Waals surface area contributed by atoms with Crippen LogP contribution >= 0.6 is 11.6 Å². The molecule has 0 unspecified atom stereocenters. The molecule has 0 aliphatic carbocycles. The molecule has 28 heavy (non-hydrogen) atoms. The second-order valence-corrected chi connectivity index (χ2v) is 6.97. The molecule has 0 aliphatic rings. The SMILES string of the molecule is COc1cc(C(=O)Nc2ccc(C)c(C)c2)ccc1OCc1ccc(Cl)cc1. The molecule has 0 spiro atoms. The molecule has 0 aromatic heterocycles. The number of methoxy groups -OCH3 is 1. The van der Waals surface area contributed by atoms with Crippen molar-refractivity contribution in [1.82, 2.24) is 0 Å². The number of halogens is 1. The van der Waals surface area contributed by atoms with Crippen LogP contribution in [-0.2, 0) is 6.61 Å². The lowest BCUT2D eigenvalue weighted by atomic mass is 10.1. The number of carbonyl (C=O) groups excluding carboxylic acids is 1. The fourth-order valence-electron chi connectivity index (χ4n) is 2.69. The third-order valence-corrected chi connectivity index (χ3v) is 4.75. The van der Waals surface area contributed by atoms with Crippen LogP contribution in [0.1, 0.15) is 27.0 Å². The van der Waals surface area contributed by atoms with Gasteiger partial charge in [0.1, 0.15) is 6.61 Å². The van der Waals surface area contributed by atoms with E-state index in [1.807, 2.05) is 56.3 Å². The molecule has 0 radical (unpaired) electrons. The highest BCUT2D eigenvalue weighted by Crippen LogP contribution is 2.29. The molecule has 144 valence electrons. The predicted molar refractivity (Wildman–Crippen MR) is 113 cm³/mol. The summed E-state index contributed by atoms with van der Waals surface area (Å²) in [5, 5.41) is 3.59. The van der Waals surface area contributed by atoms with Crippen LogP contribution in [0.25, 0.3) is 0 Å². The van der Waals surface area contributed by atoms with Gasteiger partial charge in [0.15, 0.2) is 11.5 Å². The van der Waals surface area contributed by atoms with E-state index in [-0.39, 0.29) is 5.91 Å². The van der Waals surface area contributed by atoms with E-state index in [0.29, 0.717) is 28.7 Å². The first-order valence-electron chi connectivity index (χ1n) is 8.90. The van der Waals surface area contributed by atoms with Crippen LogP contribution < -0.4 is 14.8 Å². The highest BCUT2D eigenvalue weighted by atomic mass is 35.5. The van der Waals surface area contributed by atoms with E-state index in [1.165, 1.54) is 5.56 Å². The van der Waals surface area contributed by atoms with Crippen LogP contribution in [-0.4, -0.2) is 13.0 Å². The average Bonchev–Trinajstić information content (AvgIpc) is 2.70. The normalized spacial score (nSPS) is 10.4. The number of anilines is 1. The number of carbonyl (C=O) groups is 1. The van der Waals surface area contributed by atoms with Crippen LogP contribution in [0.4, 0.5) is 5.69 Å². The van der Waals surface area contributed by atoms with Crippen LogP contribution in [0.3, 0.4) is 0 Å². The number of hydrogen-bond acceptors (Lipinski definition) is 3. The Kier molecular flexibility index (Phi) is 6.22. The third kappa shape index (κ3) is 4.84. The van der Waals surface area contributed by atoms with Crippen LogP contribution in [0.5, 0.6) is 11.5 Å². The summed E-state index contributed by atoms with van der Waals surface area (Å²) < 4.78 is 11.2. The Balaban J connectivity index is 1.71. The van der Waals surface area contributed by atoms with Crippen molar-refractivity contribution in [2.45, 2.75) is 20.5 Å².